The largest absolute Gasteiger partial charge is 0.327 e. The zero-order valence-electron chi connectivity index (χ0n) is 31.8. The first-order valence-corrected chi connectivity index (χ1v) is 18.5. The van der Waals surface area contributed by atoms with Gasteiger partial charge in [-0.05, 0) is 50.6 Å². The van der Waals surface area contributed by atoms with Crippen molar-refractivity contribution in [1.82, 2.24) is 14.7 Å². The average molecular weight is 648 g/mol. The zero-order valence-corrected chi connectivity index (χ0v) is 31.8. The molecule has 2 saturated heterocycles. The van der Waals surface area contributed by atoms with Crippen LogP contribution < -0.4 is 0 Å². The summed E-state index contributed by atoms with van der Waals surface area (Å²) >= 11 is 0. The van der Waals surface area contributed by atoms with E-state index in [0.29, 0.717) is 32.5 Å². The molecule has 4 unspecified atom stereocenters. The van der Waals surface area contributed by atoms with Gasteiger partial charge in [-0.3, -0.25) is 29.0 Å². The number of imide groups is 2. The number of amides is 4. The maximum absolute atomic E-state index is 14.2. The predicted molar refractivity (Wildman–Crippen MR) is 188 cm³/mol. The predicted octanol–water partition coefficient (Wildman–Crippen LogP) is 6.62. The summed E-state index contributed by atoms with van der Waals surface area (Å²) in [6.45, 7) is 17.7. The van der Waals surface area contributed by atoms with Crippen molar-refractivity contribution < 1.29 is 23.7 Å². The van der Waals surface area contributed by atoms with E-state index in [4.69, 9.17) is 0 Å². The first-order valence-electron chi connectivity index (χ1n) is 18.5. The molecule has 0 aromatic carbocycles. The lowest BCUT2D eigenvalue weighted by Crippen LogP contribution is -2.47. The van der Waals surface area contributed by atoms with Gasteiger partial charge in [0.25, 0.3) is 0 Å². The number of carbonyl (C=O) groups is 4. The van der Waals surface area contributed by atoms with E-state index >= 15 is 0 Å². The number of quaternary nitrogens is 1. The molecule has 2 fully saturated rings. The van der Waals surface area contributed by atoms with Gasteiger partial charge in [-0.2, -0.15) is 0 Å². The number of likely N-dealkylation sites (tertiary alicyclic amines) is 2. The Labute approximate surface area is 282 Å². The second kappa shape index (κ2) is 17.6. The molecular formula is C38H71N4O4+. The fourth-order valence-corrected chi connectivity index (χ4v) is 7.68. The van der Waals surface area contributed by atoms with Crippen molar-refractivity contribution in [3.63, 3.8) is 0 Å². The Bertz CT molecular complexity index is 1010. The van der Waals surface area contributed by atoms with Crippen LogP contribution in [0.15, 0.2) is 0 Å². The summed E-state index contributed by atoms with van der Waals surface area (Å²) in [5, 5.41) is 0. The van der Waals surface area contributed by atoms with Crippen molar-refractivity contribution in [2.75, 3.05) is 60.9 Å². The van der Waals surface area contributed by atoms with E-state index in [9.17, 15) is 19.2 Å². The number of hydrogen-bond acceptors (Lipinski definition) is 5. The second-order valence-electron chi connectivity index (χ2n) is 17.5. The van der Waals surface area contributed by atoms with Crippen molar-refractivity contribution in [3.8, 4) is 0 Å². The number of unbranched alkanes of at least 4 members (excludes halogenated alkanes) is 9. The molecule has 0 saturated carbocycles. The molecule has 266 valence electrons. The summed E-state index contributed by atoms with van der Waals surface area (Å²) in [5.74, 6) is -2.27. The quantitative estimate of drug-likeness (QED) is 0.0795. The van der Waals surface area contributed by atoms with Crippen LogP contribution in [-0.2, 0) is 19.2 Å². The summed E-state index contributed by atoms with van der Waals surface area (Å²) in [4.78, 5) is 59.7. The SMILES string of the molecule is CCCCCCCCCCCC[N+](C)(C)CCN1C(=O)C(CC(C)(C)C)C(C(C)(C)CC2C(=O)N(CCN(C)C)C(=O)C2C)C1=O. The van der Waals surface area contributed by atoms with Gasteiger partial charge < -0.3 is 9.38 Å². The molecule has 8 heteroatoms. The number of hydrogen-bond donors (Lipinski definition) is 0. The van der Waals surface area contributed by atoms with Gasteiger partial charge in [0.15, 0.2) is 0 Å². The van der Waals surface area contributed by atoms with Crippen molar-refractivity contribution in [2.24, 2.45) is 34.5 Å². The summed E-state index contributed by atoms with van der Waals surface area (Å²) in [7, 11) is 8.27. The Morgan fingerprint density at radius 2 is 1.15 bits per heavy atom. The molecule has 0 aromatic rings. The number of nitrogens with zero attached hydrogens (tertiary/aromatic N) is 4. The van der Waals surface area contributed by atoms with E-state index in [2.05, 4.69) is 41.8 Å². The third-order valence-corrected chi connectivity index (χ3v) is 10.6. The normalized spacial score (nSPS) is 23.1. The third-order valence-electron chi connectivity index (χ3n) is 10.6. The Balaban J connectivity index is 2.05. The second-order valence-corrected chi connectivity index (χ2v) is 17.5. The fourth-order valence-electron chi connectivity index (χ4n) is 7.68. The molecule has 2 aliphatic rings. The Morgan fingerprint density at radius 1 is 0.652 bits per heavy atom. The highest BCUT2D eigenvalue weighted by Crippen LogP contribution is 2.49. The fraction of sp³-hybridized carbons (Fsp3) is 0.895. The van der Waals surface area contributed by atoms with Gasteiger partial charge in [-0.15, -0.1) is 0 Å². The molecule has 0 bridgehead atoms. The highest BCUT2D eigenvalue weighted by atomic mass is 16.2. The topological polar surface area (TPSA) is 78.0 Å². The van der Waals surface area contributed by atoms with E-state index in [1.807, 2.05) is 39.8 Å². The summed E-state index contributed by atoms with van der Waals surface area (Å²) in [5.41, 5.74) is -0.755. The molecule has 2 rings (SSSR count). The van der Waals surface area contributed by atoms with Gasteiger partial charge in [0, 0.05) is 19.0 Å². The van der Waals surface area contributed by atoms with Crippen molar-refractivity contribution in [3.05, 3.63) is 0 Å². The molecule has 46 heavy (non-hydrogen) atoms. The lowest BCUT2D eigenvalue weighted by atomic mass is 9.64. The lowest BCUT2D eigenvalue weighted by molar-refractivity contribution is -0.889. The minimum atomic E-state index is -0.621. The number of likely N-dealkylation sites (N-methyl/N-ethyl adjacent to an activating group) is 2. The molecule has 2 heterocycles. The Morgan fingerprint density at radius 3 is 1.67 bits per heavy atom. The molecule has 4 atom stereocenters. The van der Waals surface area contributed by atoms with Crippen molar-refractivity contribution >= 4 is 23.6 Å². The third kappa shape index (κ3) is 11.7. The van der Waals surface area contributed by atoms with Crippen molar-refractivity contribution in [1.29, 1.82) is 0 Å². The molecular weight excluding hydrogens is 576 g/mol. The number of carbonyl (C=O) groups excluding carboxylic acids is 4. The van der Waals surface area contributed by atoms with E-state index < -0.39 is 29.1 Å². The molecule has 0 aromatic heterocycles. The van der Waals surface area contributed by atoms with Gasteiger partial charge in [0.1, 0.15) is 0 Å². The molecule has 0 aliphatic carbocycles. The average Bonchev–Trinajstić information content (AvgIpc) is 3.29. The van der Waals surface area contributed by atoms with Gasteiger partial charge >= 0.3 is 0 Å². The molecule has 8 nitrogen and oxygen atoms in total. The van der Waals surface area contributed by atoms with Crippen LogP contribution in [-0.4, -0.2) is 104 Å². The van der Waals surface area contributed by atoms with Crippen LogP contribution in [0.3, 0.4) is 0 Å². The molecule has 0 radical (unpaired) electrons. The molecule has 4 amide bonds. The molecule has 0 spiro atoms. The maximum atomic E-state index is 14.2. The highest BCUT2D eigenvalue weighted by molar-refractivity contribution is 6.06. The summed E-state index contributed by atoms with van der Waals surface area (Å²) < 4.78 is 0.783. The van der Waals surface area contributed by atoms with Crippen LogP contribution in [0.4, 0.5) is 0 Å². The standard InChI is InChI=1S/C38H71N4O4/c1-12-13-14-15-16-17-18-19-20-21-25-42(10,11)26-24-41-35(45)31(27-37(3,4)5)32(36(41)46)38(6,7)28-30-29(2)33(43)40(34(30)44)23-22-39(8)9/h29-32H,12-28H2,1-11H3/q+1. The van der Waals surface area contributed by atoms with Crippen LogP contribution in [0.5, 0.6) is 0 Å². The van der Waals surface area contributed by atoms with Crippen LogP contribution in [0.25, 0.3) is 0 Å². The van der Waals surface area contributed by atoms with Gasteiger partial charge in [0.05, 0.1) is 51.5 Å². The van der Waals surface area contributed by atoms with Crippen molar-refractivity contribution in [2.45, 2.75) is 126 Å². The van der Waals surface area contributed by atoms with E-state index in [-0.39, 0.29) is 29.0 Å². The maximum Gasteiger partial charge on any atom is 0.233 e. The van der Waals surface area contributed by atoms with Crippen LogP contribution in [0.1, 0.15) is 126 Å². The van der Waals surface area contributed by atoms with Crippen LogP contribution in [0, 0.1) is 34.5 Å². The Kier molecular flexibility index (Phi) is 15.4. The highest BCUT2D eigenvalue weighted by Gasteiger charge is 2.57. The molecule has 0 N–H and O–H groups in total. The first-order chi connectivity index (χ1) is 21.3. The monoisotopic (exact) mass is 648 g/mol. The van der Waals surface area contributed by atoms with Crippen LogP contribution in [0.2, 0.25) is 0 Å². The smallest absolute Gasteiger partial charge is 0.233 e. The van der Waals surface area contributed by atoms with Gasteiger partial charge in [-0.25, -0.2) is 0 Å². The minimum Gasteiger partial charge on any atom is -0.327 e. The van der Waals surface area contributed by atoms with E-state index in [1.165, 1.54) is 67.6 Å². The van der Waals surface area contributed by atoms with Gasteiger partial charge in [-0.1, -0.05) is 99.8 Å². The first kappa shape index (κ1) is 40.4. The van der Waals surface area contributed by atoms with E-state index in [1.54, 1.807) is 0 Å². The van der Waals surface area contributed by atoms with E-state index in [0.717, 1.165) is 24.0 Å². The Hall–Kier alpha value is -1.80. The minimum absolute atomic E-state index is 0.0635. The molecule has 2 aliphatic heterocycles. The summed E-state index contributed by atoms with van der Waals surface area (Å²) in [6, 6.07) is 0. The lowest BCUT2D eigenvalue weighted by Gasteiger charge is -2.37. The van der Waals surface area contributed by atoms with Crippen LogP contribution >= 0.6 is 0 Å². The zero-order chi connectivity index (χ0) is 34.9. The van der Waals surface area contributed by atoms with Gasteiger partial charge in [0.2, 0.25) is 23.6 Å². The number of rotatable bonds is 21. The summed E-state index contributed by atoms with van der Waals surface area (Å²) in [6.07, 6.45) is 14.1.